The second-order valence-corrected chi connectivity index (χ2v) is 9.09. The van der Waals surface area contributed by atoms with Gasteiger partial charge >= 0.3 is 18.5 Å². The predicted molar refractivity (Wildman–Crippen MR) is 127 cm³/mol. The van der Waals surface area contributed by atoms with Crippen molar-refractivity contribution in [1.82, 2.24) is 20.2 Å². The van der Waals surface area contributed by atoms with Gasteiger partial charge in [-0.15, -0.1) is 5.10 Å². The van der Waals surface area contributed by atoms with E-state index in [1.165, 1.54) is 13.1 Å². The van der Waals surface area contributed by atoms with Crippen molar-refractivity contribution < 1.29 is 39.5 Å². The van der Waals surface area contributed by atoms with E-state index in [1.807, 2.05) is 0 Å². The summed E-state index contributed by atoms with van der Waals surface area (Å²) in [6, 6.07) is 11.0. The maximum Gasteiger partial charge on any atom is 0.416 e. The SMILES string of the molecule is Cc1cccc(-c2ccc(C(F)(F)F)cc2CN(Cc2cc(C(F)(F)F)cc(C(F)(F)F)c2)c2nnn(C)n2)c1. The van der Waals surface area contributed by atoms with Gasteiger partial charge in [0.1, 0.15) is 0 Å². The summed E-state index contributed by atoms with van der Waals surface area (Å²) in [4.78, 5) is 2.17. The van der Waals surface area contributed by atoms with E-state index in [1.54, 1.807) is 31.2 Å². The van der Waals surface area contributed by atoms with Crippen LogP contribution < -0.4 is 4.90 Å². The Morgan fingerprint density at radius 1 is 0.725 bits per heavy atom. The van der Waals surface area contributed by atoms with Gasteiger partial charge in [0, 0.05) is 13.1 Å². The zero-order valence-corrected chi connectivity index (χ0v) is 20.8. The summed E-state index contributed by atoms with van der Waals surface area (Å²) in [7, 11) is 1.38. The Hall–Kier alpha value is -4.10. The standard InChI is InChI=1S/C26H20F9N5/c1-15-4-3-5-17(8-15)22-7-6-19(24(27,28)29)11-18(22)14-40(23-36-38-39(2)37-23)13-16-9-20(25(30,31)32)12-21(10-16)26(33,34)35/h3-12H,13-14H2,1-2H3. The van der Waals surface area contributed by atoms with Gasteiger partial charge in [-0.05, 0) is 64.7 Å². The molecule has 0 fully saturated rings. The molecule has 3 aromatic carbocycles. The molecule has 0 unspecified atom stereocenters. The van der Waals surface area contributed by atoms with Crippen LogP contribution >= 0.6 is 0 Å². The largest absolute Gasteiger partial charge is 0.416 e. The Bertz CT molecular complexity index is 1470. The fourth-order valence-corrected chi connectivity index (χ4v) is 4.13. The van der Waals surface area contributed by atoms with Crippen LogP contribution in [-0.4, -0.2) is 20.2 Å². The van der Waals surface area contributed by atoms with E-state index in [0.29, 0.717) is 23.3 Å². The molecular formula is C26H20F9N5. The highest BCUT2D eigenvalue weighted by Gasteiger charge is 2.37. The van der Waals surface area contributed by atoms with E-state index in [0.717, 1.165) is 27.4 Å². The number of benzene rings is 3. The molecule has 0 aliphatic carbocycles. The van der Waals surface area contributed by atoms with Crippen molar-refractivity contribution in [1.29, 1.82) is 0 Å². The Morgan fingerprint density at radius 2 is 1.35 bits per heavy atom. The third-order valence-corrected chi connectivity index (χ3v) is 5.92. The summed E-state index contributed by atoms with van der Waals surface area (Å²) in [5.74, 6) is -0.207. The summed E-state index contributed by atoms with van der Waals surface area (Å²) >= 11 is 0. The third-order valence-electron chi connectivity index (χ3n) is 5.92. The van der Waals surface area contributed by atoms with E-state index in [-0.39, 0.29) is 17.6 Å². The van der Waals surface area contributed by atoms with Crippen molar-refractivity contribution in [3.05, 3.63) is 94.0 Å². The van der Waals surface area contributed by atoms with Crippen LogP contribution in [-0.2, 0) is 38.7 Å². The highest BCUT2D eigenvalue weighted by Crippen LogP contribution is 2.38. The van der Waals surface area contributed by atoms with Gasteiger partial charge in [-0.3, -0.25) is 0 Å². The Kier molecular flexibility index (Phi) is 7.56. The molecule has 4 aromatic rings. The highest BCUT2D eigenvalue weighted by molar-refractivity contribution is 5.69. The third kappa shape index (κ3) is 6.72. The van der Waals surface area contributed by atoms with Crippen LogP contribution in [0, 0.1) is 6.92 Å². The molecule has 0 atom stereocenters. The molecule has 0 spiro atoms. The topological polar surface area (TPSA) is 46.8 Å². The second kappa shape index (κ2) is 10.5. The summed E-state index contributed by atoms with van der Waals surface area (Å²) < 4.78 is 122. The number of alkyl halides is 9. The van der Waals surface area contributed by atoms with Crippen LogP contribution in [0.5, 0.6) is 0 Å². The van der Waals surface area contributed by atoms with Crippen LogP contribution in [0.1, 0.15) is 33.4 Å². The van der Waals surface area contributed by atoms with Gasteiger partial charge in [-0.25, -0.2) is 0 Å². The molecule has 212 valence electrons. The van der Waals surface area contributed by atoms with Crippen LogP contribution in [0.3, 0.4) is 0 Å². The number of hydrogen-bond acceptors (Lipinski definition) is 4. The number of hydrogen-bond donors (Lipinski definition) is 0. The molecule has 0 aliphatic heterocycles. The predicted octanol–water partition coefficient (Wildman–Crippen LogP) is 7.45. The molecule has 0 aliphatic rings. The number of aromatic nitrogens is 4. The Morgan fingerprint density at radius 3 is 1.88 bits per heavy atom. The molecule has 0 bridgehead atoms. The fourth-order valence-electron chi connectivity index (χ4n) is 4.13. The van der Waals surface area contributed by atoms with Crippen molar-refractivity contribution in [3.8, 4) is 11.1 Å². The number of tetrazole rings is 1. The van der Waals surface area contributed by atoms with Crippen LogP contribution in [0.2, 0.25) is 0 Å². The summed E-state index contributed by atoms with van der Waals surface area (Å²) in [5.41, 5.74) is -2.58. The smallest absolute Gasteiger partial charge is 0.330 e. The number of aryl methyl sites for hydroxylation is 2. The van der Waals surface area contributed by atoms with Crippen LogP contribution in [0.25, 0.3) is 11.1 Å². The number of anilines is 1. The minimum Gasteiger partial charge on any atom is -0.330 e. The molecule has 40 heavy (non-hydrogen) atoms. The van der Waals surface area contributed by atoms with E-state index in [4.69, 9.17) is 0 Å². The first-order valence-corrected chi connectivity index (χ1v) is 11.5. The van der Waals surface area contributed by atoms with Gasteiger partial charge in [0.25, 0.3) is 5.95 Å². The fraction of sp³-hybridized carbons (Fsp3) is 0.269. The van der Waals surface area contributed by atoms with Crippen molar-refractivity contribution in [2.45, 2.75) is 38.5 Å². The van der Waals surface area contributed by atoms with E-state index < -0.39 is 53.9 Å². The monoisotopic (exact) mass is 573 g/mol. The average Bonchev–Trinajstić information content (AvgIpc) is 3.28. The van der Waals surface area contributed by atoms with Gasteiger partial charge in [-0.2, -0.15) is 44.3 Å². The van der Waals surface area contributed by atoms with Crippen molar-refractivity contribution in [2.75, 3.05) is 4.90 Å². The van der Waals surface area contributed by atoms with Crippen molar-refractivity contribution in [2.24, 2.45) is 7.05 Å². The van der Waals surface area contributed by atoms with Crippen molar-refractivity contribution in [3.63, 3.8) is 0 Å². The Balaban J connectivity index is 1.84. The van der Waals surface area contributed by atoms with Gasteiger partial charge in [0.15, 0.2) is 0 Å². The normalized spacial score (nSPS) is 12.6. The average molecular weight is 573 g/mol. The van der Waals surface area contributed by atoms with Crippen molar-refractivity contribution >= 4 is 5.95 Å². The lowest BCUT2D eigenvalue weighted by molar-refractivity contribution is -0.143. The minimum absolute atomic E-state index is 0.00292. The first-order chi connectivity index (χ1) is 18.5. The number of nitrogens with zero attached hydrogens (tertiary/aromatic N) is 5. The number of halogens is 9. The van der Waals surface area contributed by atoms with Crippen LogP contribution in [0.4, 0.5) is 45.5 Å². The molecule has 14 heteroatoms. The molecule has 5 nitrogen and oxygen atoms in total. The number of rotatable bonds is 6. The molecule has 0 amide bonds. The minimum atomic E-state index is -5.08. The molecule has 0 radical (unpaired) electrons. The maximum absolute atomic E-state index is 13.6. The summed E-state index contributed by atoms with van der Waals surface area (Å²) in [5, 5.41) is 11.4. The van der Waals surface area contributed by atoms with Gasteiger partial charge in [0.05, 0.1) is 23.7 Å². The Labute approximate surface area is 221 Å². The first-order valence-electron chi connectivity index (χ1n) is 11.5. The van der Waals surface area contributed by atoms with Gasteiger partial charge in [0.2, 0.25) is 0 Å². The molecule has 1 aromatic heterocycles. The maximum atomic E-state index is 13.6. The van der Waals surface area contributed by atoms with E-state index in [2.05, 4.69) is 15.4 Å². The van der Waals surface area contributed by atoms with Crippen LogP contribution in [0.15, 0.2) is 60.7 Å². The zero-order chi connectivity index (χ0) is 29.5. The lowest BCUT2D eigenvalue weighted by Gasteiger charge is -2.24. The highest BCUT2D eigenvalue weighted by atomic mass is 19.4. The molecule has 0 N–H and O–H groups in total. The summed E-state index contributed by atoms with van der Waals surface area (Å²) in [6.45, 7) is 0.799. The second-order valence-electron chi connectivity index (χ2n) is 9.09. The van der Waals surface area contributed by atoms with Gasteiger partial charge < -0.3 is 4.90 Å². The molecule has 0 saturated heterocycles. The molecule has 0 saturated carbocycles. The van der Waals surface area contributed by atoms with E-state index >= 15 is 0 Å². The lowest BCUT2D eigenvalue weighted by Crippen LogP contribution is -2.25. The first kappa shape index (κ1) is 28.9. The summed E-state index contributed by atoms with van der Waals surface area (Å²) in [6.07, 6.45) is -14.9. The van der Waals surface area contributed by atoms with E-state index in [9.17, 15) is 39.5 Å². The molecular weight excluding hydrogens is 553 g/mol. The lowest BCUT2D eigenvalue weighted by atomic mass is 9.95. The van der Waals surface area contributed by atoms with Gasteiger partial charge in [-0.1, -0.05) is 41.0 Å². The zero-order valence-electron chi connectivity index (χ0n) is 20.8. The molecule has 1 heterocycles. The quantitative estimate of drug-likeness (QED) is 0.225. The molecule has 4 rings (SSSR count).